The summed E-state index contributed by atoms with van der Waals surface area (Å²) in [4.78, 5) is 40.6. The maximum absolute atomic E-state index is 13.9. The van der Waals surface area contributed by atoms with Gasteiger partial charge in [0.1, 0.15) is 6.10 Å². The van der Waals surface area contributed by atoms with Gasteiger partial charge < -0.3 is 19.7 Å². The fraction of sp³-hybridized carbons (Fsp3) is 0.690. The average Bonchev–Trinajstić information content (AvgIpc) is 2.81. The minimum atomic E-state index is -1.35. The molecule has 4 aliphatic rings. The molecule has 1 heterocycles. The van der Waals surface area contributed by atoms with Crippen molar-refractivity contribution in [3.8, 4) is 0 Å². The molecule has 196 valence electrons. The van der Waals surface area contributed by atoms with E-state index in [4.69, 9.17) is 9.47 Å². The third-order valence-electron chi connectivity index (χ3n) is 10.3. The minimum absolute atomic E-state index is 0.00209. The Labute approximate surface area is 212 Å². The molecule has 1 saturated heterocycles. The van der Waals surface area contributed by atoms with Crippen LogP contribution in [-0.4, -0.2) is 58.3 Å². The van der Waals surface area contributed by atoms with Crippen molar-refractivity contribution in [1.82, 2.24) is 0 Å². The van der Waals surface area contributed by atoms with Gasteiger partial charge in [0.25, 0.3) is 0 Å². The van der Waals surface area contributed by atoms with Gasteiger partial charge in [-0.2, -0.15) is 0 Å². The summed E-state index contributed by atoms with van der Waals surface area (Å²) in [5.74, 6) is -3.18. The van der Waals surface area contributed by atoms with E-state index in [1.807, 2.05) is 51.1 Å². The second-order valence-corrected chi connectivity index (χ2v) is 12.4. The predicted octanol–water partition coefficient (Wildman–Crippen LogP) is 2.89. The second kappa shape index (κ2) is 8.74. The van der Waals surface area contributed by atoms with Crippen LogP contribution >= 0.6 is 0 Å². The van der Waals surface area contributed by atoms with E-state index in [0.29, 0.717) is 19.4 Å². The van der Waals surface area contributed by atoms with E-state index in [2.05, 4.69) is 0 Å². The third kappa shape index (κ3) is 3.69. The molecule has 2 bridgehead atoms. The topological polar surface area (TPSA) is 110 Å². The Morgan fingerprint density at radius 3 is 2.47 bits per heavy atom. The number of aryl methyl sites for hydroxylation is 1. The first-order chi connectivity index (χ1) is 16.9. The largest absolute Gasteiger partial charge is 0.462 e. The normalized spacial score (nSPS) is 43.3. The Balaban J connectivity index is 1.44. The molecule has 9 atom stereocenters. The van der Waals surface area contributed by atoms with E-state index < -0.39 is 58.0 Å². The molecule has 7 heteroatoms. The van der Waals surface area contributed by atoms with Gasteiger partial charge in [-0.25, -0.2) is 0 Å². The highest BCUT2D eigenvalue weighted by atomic mass is 16.5. The van der Waals surface area contributed by atoms with Gasteiger partial charge in [-0.05, 0) is 31.2 Å². The smallest absolute Gasteiger partial charge is 0.306 e. The van der Waals surface area contributed by atoms with Gasteiger partial charge in [-0.15, -0.1) is 0 Å². The molecule has 0 aromatic heterocycles. The van der Waals surface area contributed by atoms with E-state index >= 15 is 0 Å². The standard InChI is InChI=1S/C29H38O7/c1-16-21(36-23(31)11-10-17-8-6-5-7-9-17)14-29(34)13-19-18-15-35-20(18)12-22(30)28(19,4)26(33)25(32)24(16)27(29,2)3/h5-9,16,18-22,24,30,34H,10-15H2,1-4H3. The monoisotopic (exact) mass is 498 g/mol. The van der Waals surface area contributed by atoms with E-state index in [9.17, 15) is 24.6 Å². The Kier molecular flexibility index (Phi) is 6.21. The van der Waals surface area contributed by atoms with Crippen LogP contribution in [0.15, 0.2) is 30.3 Å². The highest BCUT2D eigenvalue weighted by Gasteiger charge is 2.69. The summed E-state index contributed by atoms with van der Waals surface area (Å²) in [6.07, 6.45) is -0.362. The lowest BCUT2D eigenvalue weighted by atomic mass is 9.44. The Morgan fingerprint density at radius 2 is 1.83 bits per heavy atom. The molecule has 0 spiro atoms. The van der Waals surface area contributed by atoms with Crippen molar-refractivity contribution in [3.63, 3.8) is 0 Å². The molecule has 4 fully saturated rings. The van der Waals surface area contributed by atoms with Crippen LogP contribution in [0.1, 0.15) is 58.9 Å². The molecule has 0 radical (unpaired) electrons. The maximum atomic E-state index is 13.9. The first kappa shape index (κ1) is 25.6. The first-order valence-corrected chi connectivity index (χ1v) is 13.2. The third-order valence-corrected chi connectivity index (χ3v) is 10.3. The molecule has 1 aliphatic heterocycles. The lowest BCUT2D eigenvalue weighted by Crippen LogP contribution is -2.71. The molecule has 3 saturated carbocycles. The minimum Gasteiger partial charge on any atom is -0.462 e. The molecule has 2 N–H and O–H groups in total. The summed E-state index contributed by atoms with van der Waals surface area (Å²) in [5.41, 5.74) is -2.49. The van der Waals surface area contributed by atoms with Crippen molar-refractivity contribution in [3.05, 3.63) is 35.9 Å². The number of ether oxygens (including phenoxy) is 2. The number of carbonyl (C=O) groups is 3. The molecule has 5 rings (SSSR count). The number of rotatable bonds is 4. The van der Waals surface area contributed by atoms with Gasteiger partial charge in [0.05, 0.1) is 29.8 Å². The zero-order valence-electron chi connectivity index (χ0n) is 21.6. The molecular weight excluding hydrogens is 460 g/mol. The van der Waals surface area contributed by atoms with Gasteiger partial charge in [-0.1, -0.05) is 51.1 Å². The van der Waals surface area contributed by atoms with Crippen molar-refractivity contribution < 1.29 is 34.1 Å². The van der Waals surface area contributed by atoms with Crippen LogP contribution in [0.5, 0.6) is 0 Å². The zero-order chi connectivity index (χ0) is 26.0. The number of aliphatic hydroxyl groups excluding tert-OH is 1. The molecule has 36 heavy (non-hydrogen) atoms. The lowest BCUT2D eigenvalue weighted by Gasteiger charge is -2.63. The van der Waals surface area contributed by atoms with Gasteiger partial charge in [-0.3, -0.25) is 14.4 Å². The number of carbonyl (C=O) groups excluding carboxylic acids is 3. The van der Waals surface area contributed by atoms with Crippen LogP contribution in [0.25, 0.3) is 0 Å². The Hall–Kier alpha value is -2.09. The van der Waals surface area contributed by atoms with Crippen molar-refractivity contribution in [2.75, 3.05) is 6.61 Å². The molecule has 1 aromatic carbocycles. The van der Waals surface area contributed by atoms with Gasteiger partial charge >= 0.3 is 5.97 Å². The van der Waals surface area contributed by atoms with Crippen molar-refractivity contribution in [2.45, 2.75) is 83.7 Å². The fourth-order valence-corrected chi connectivity index (χ4v) is 7.70. The number of esters is 1. The van der Waals surface area contributed by atoms with Crippen LogP contribution in [0, 0.1) is 34.5 Å². The van der Waals surface area contributed by atoms with Crippen LogP contribution in [0.4, 0.5) is 0 Å². The summed E-state index contributed by atoms with van der Waals surface area (Å²) in [6.45, 7) is 7.68. The number of hydrogen-bond acceptors (Lipinski definition) is 7. The molecule has 3 aliphatic carbocycles. The number of benzene rings is 1. The lowest BCUT2D eigenvalue weighted by molar-refractivity contribution is -0.255. The number of aliphatic hydroxyl groups is 2. The van der Waals surface area contributed by atoms with E-state index in [0.717, 1.165) is 5.56 Å². The molecule has 7 nitrogen and oxygen atoms in total. The van der Waals surface area contributed by atoms with Gasteiger partial charge in [0.15, 0.2) is 0 Å². The number of ketones is 2. The number of fused-ring (bicyclic) bond motifs is 5. The quantitative estimate of drug-likeness (QED) is 0.485. The van der Waals surface area contributed by atoms with E-state index in [1.165, 1.54) is 0 Å². The zero-order valence-corrected chi connectivity index (χ0v) is 21.6. The fourth-order valence-electron chi connectivity index (χ4n) is 7.70. The predicted molar refractivity (Wildman–Crippen MR) is 131 cm³/mol. The van der Waals surface area contributed by atoms with Crippen LogP contribution in [0.2, 0.25) is 0 Å². The number of Topliss-reactive ketones (excluding diaryl/α,β-unsaturated/α-hetero) is 2. The summed E-state index contributed by atoms with van der Waals surface area (Å²) in [5, 5.41) is 23.3. The molecular formula is C29H38O7. The second-order valence-electron chi connectivity index (χ2n) is 12.4. The molecule has 0 amide bonds. The van der Waals surface area contributed by atoms with Crippen molar-refractivity contribution in [2.24, 2.45) is 34.5 Å². The number of hydrogen-bond donors (Lipinski definition) is 2. The first-order valence-electron chi connectivity index (χ1n) is 13.2. The van der Waals surface area contributed by atoms with Crippen LogP contribution in [-0.2, 0) is 30.3 Å². The van der Waals surface area contributed by atoms with E-state index in [-0.39, 0.29) is 37.3 Å². The van der Waals surface area contributed by atoms with E-state index in [1.54, 1.807) is 6.92 Å². The van der Waals surface area contributed by atoms with Gasteiger partial charge in [0.2, 0.25) is 11.6 Å². The maximum Gasteiger partial charge on any atom is 0.306 e. The summed E-state index contributed by atoms with van der Waals surface area (Å²) >= 11 is 0. The highest BCUT2D eigenvalue weighted by Crippen LogP contribution is 2.61. The Morgan fingerprint density at radius 1 is 1.14 bits per heavy atom. The summed E-state index contributed by atoms with van der Waals surface area (Å²) in [7, 11) is 0. The van der Waals surface area contributed by atoms with Crippen LogP contribution in [0.3, 0.4) is 0 Å². The molecule has 9 unspecified atom stereocenters. The highest BCUT2D eigenvalue weighted by molar-refractivity contribution is 6.40. The van der Waals surface area contributed by atoms with Crippen LogP contribution < -0.4 is 0 Å². The summed E-state index contributed by atoms with van der Waals surface area (Å²) < 4.78 is 11.6. The average molecular weight is 499 g/mol. The Bertz CT molecular complexity index is 1050. The van der Waals surface area contributed by atoms with Gasteiger partial charge in [0, 0.05) is 42.4 Å². The summed E-state index contributed by atoms with van der Waals surface area (Å²) in [6, 6.07) is 9.68. The SMILES string of the molecule is CC1C(OC(=O)CCc2ccccc2)CC2(O)CC3C4COC4CC(O)C3(C)C(=O)C(=O)C1C2(C)C. The molecule has 1 aromatic rings. The van der Waals surface area contributed by atoms with Crippen molar-refractivity contribution >= 4 is 17.5 Å². The van der Waals surface area contributed by atoms with Crippen molar-refractivity contribution in [1.29, 1.82) is 0 Å².